The molecule has 0 spiro atoms. The zero-order valence-corrected chi connectivity index (χ0v) is 10.2. The van der Waals surface area contributed by atoms with Gasteiger partial charge >= 0.3 is 5.97 Å². The number of likely N-dealkylation sites (tertiary alicyclic amines) is 1. The van der Waals surface area contributed by atoms with Crippen LogP contribution < -0.4 is 0 Å². The summed E-state index contributed by atoms with van der Waals surface area (Å²) in [7, 11) is 0. The Morgan fingerprint density at radius 2 is 2.06 bits per heavy atom. The van der Waals surface area contributed by atoms with Gasteiger partial charge in [0.25, 0.3) is 0 Å². The van der Waals surface area contributed by atoms with E-state index in [1.807, 2.05) is 0 Å². The first-order valence-electron chi connectivity index (χ1n) is 6.19. The van der Waals surface area contributed by atoms with Crippen molar-refractivity contribution in [3.8, 4) is 0 Å². The number of carboxylic acid groups (broad SMARTS) is 1. The number of piperidine rings is 1. The van der Waals surface area contributed by atoms with Gasteiger partial charge in [-0.2, -0.15) is 0 Å². The highest BCUT2D eigenvalue weighted by Gasteiger charge is 2.27. The summed E-state index contributed by atoms with van der Waals surface area (Å²) < 4.78 is 0. The van der Waals surface area contributed by atoms with E-state index in [-0.39, 0.29) is 6.04 Å². The van der Waals surface area contributed by atoms with Crippen LogP contribution in [-0.4, -0.2) is 28.6 Å². The van der Waals surface area contributed by atoms with Crippen LogP contribution in [-0.2, 0) is 11.3 Å². The minimum atomic E-state index is -0.684. The Bertz CT molecular complexity index is 386. The molecule has 0 saturated carbocycles. The maximum atomic E-state index is 11.2. The first-order chi connectivity index (χ1) is 8.16. The van der Waals surface area contributed by atoms with Crippen molar-refractivity contribution in [1.82, 2.24) is 4.90 Å². The average molecular weight is 233 g/mol. The maximum Gasteiger partial charge on any atom is 0.320 e. The topological polar surface area (TPSA) is 40.5 Å². The second-order valence-corrected chi connectivity index (χ2v) is 4.81. The Balaban J connectivity index is 2.05. The van der Waals surface area contributed by atoms with Crippen molar-refractivity contribution < 1.29 is 9.90 Å². The van der Waals surface area contributed by atoms with Crippen LogP contribution in [0.25, 0.3) is 0 Å². The number of rotatable bonds is 3. The lowest BCUT2D eigenvalue weighted by molar-refractivity contribution is -0.144. The Kier molecular flexibility index (Phi) is 3.79. The summed E-state index contributed by atoms with van der Waals surface area (Å²) >= 11 is 0. The molecule has 1 unspecified atom stereocenters. The molecule has 0 aliphatic carbocycles. The number of hydrogen-bond acceptors (Lipinski definition) is 2. The van der Waals surface area contributed by atoms with Crippen LogP contribution in [0.2, 0.25) is 0 Å². The van der Waals surface area contributed by atoms with E-state index in [2.05, 4.69) is 36.1 Å². The predicted octanol–water partition coefficient (Wildman–Crippen LogP) is 2.43. The third-order valence-corrected chi connectivity index (χ3v) is 3.40. The molecule has 1 aliphatic rings. The zero-order chi connectivity index (χ0) is 12.3. The third-order valence-electron chi connectivity index (χ3n) is 3.40. The molecular weight excluding hydrogens is 214 g/mol. The number of benzene rings is 1. The molecule has 0 bridgehead atoms. The van der Waals surface area contributed by atoms with Crippen molar-refractivity contribution in [3.63, 3.8) is 0 Å². The van der Waals surface area contributed by atoms with Crippen molar-refractivity contribution in [2.24, 2.45) is 0 Å². The summed E-state index contributed by atoms with van der Waals surface area (Å²) in [6.07, 6.45) is 2.91. The van der Waals surface area contributed by atoms with Crippen molar-refractivity contribution in [1.29, 1.82) is 0 Å². The fraction of sp³-hybridized carbons (Fsp3) is 0.500. The highest BCUT2D eigenvalue weighted by Crippen LogP contribution is 2.20. The molecular formula is C14H19NO2. The lowest BCUT2D eigenvalue weighted by atomic mass is 10.0. The van der Waals surface area contributed by atoms with Gasteiger partial charge in [0.05, 0.1) is 0 Å². The fourth-order valence-electron chi connectivity index (χ4n) is 2.39. The second-order valence-electron chi connectivity index (χ2n) is 4.81. The van der Waals surface area contributed by atoms with Crippen molar-refractivity contribution >= 4 is 5.97 Å². The van der Waals surface area contributed by atoms with Crippen LogP contribution in [0.15, 0.2) is 24.3 Å². The molecule has 1 aromatic carbocycles. The van der Waals surface area contributed by atoms with Crippen LogP contribution in [0, 0.1) is 6.92 Å². The van der Waals surface area contributed by atoms with Crippen LogP contribution >= 0.6 is 0 Å². The van der Waals surface area contributed by atoms with E-state index in [0.717, 1.165) is 32.4 Å². The number of nitrogens with zero attached hydrogens (tertiary/aromatic N) is 1. The summed E-state index contributed by atoms with van der Waals surface area (Å²) in [5.41, 5.74) is 2.44. The molecule has 0 radical (unpaired) electrons. The molecule has 1 aliphatic heterocycles. The highest BCUT2D eigenvalue weighted by molar-refractivity contribution is 5.73. The normalized spacial score (nSPS) is 21.4. The average Bonchev–Trinajstić information content (AvgIpc) is 2.32. The SMILES string of the molecule is Cc1ccc(CN2CCCCC2C(=O)O)cc1. The van der Waals surface area contributed by atoms with Crippen molar-refractivity contribution in [3.05, 3.63) is 35.4 Å². The molecule has 1 N–H and O–H groups in total. The predicted molar refractivity (Wildman–Crippen MR) is 66.9 cm³/mol. The van der Waals surface area contributed by atoms with Gasteiger partial charge < -0.3 is 5.11 Å². The summed E-state index contributed by atoms with van der Waals surface area (Å²) in [6, 6.07) is 8.03. The Labute approximate surface area is 102 Å². The summed E-state index contributed by atoms with van der Waals surface area (Å²) in [5.74, 6) is -0.684. The van der Waals surface area contributed by atoms with Gasteiger partial charge in [0, 0.05) is 6.54 Å². The molecule has 0 aromatic heterocycles. The Morgan fingerprint density at radius 3 is 2.71 bits per heavy atom. The van der Waals surface area contributed by atoms with Gasteiger partial charge in [0.2, 0.25) is 0 Å². The van der Waals surface area contributed by atoms with Gasteiger partial charge in [-0.05, 0) is 31.9 Å². The second kappa shape index (κ2) is 5.32. The number of aliphatic carboxylic acids is 1. The molecule has 3 heteroatoms. The smallest absolute Gasteiger partial charge is 0.320 e. The summed E-state index contributed by atoms with van der Waals surface area (Å²) in [5, 5.41) is 9.19. The Hall–Kier alpha value is -1.35. The fourth-order valence-corrected chi connectivity index (χ4v) is 2.39. The molecule has 17 heavy (non-hydrogen) atoms. The van der Waals surface area contributed by atoms with Gasteiger partial charge in [-0.15, -0.1) is 0 Å². The number of carboxylic acids is 1. The maximum absolute atomic E-state index is 11.2. The van der Waals surface area contributed by atoms with Gasteiger partial charge in [-0.25, -0.2) is 0 Å². The third kappa shape index (κ3) is 3.07. The van der Waals surface area contributed by atoms with E-state index < -0.39 is 5.97 Å². The van der Waals surface area contributed by atoms with Crippen molar-refractivity contribution in [2.45, 2.75) is 38.8 Å². The monoisotopic (exact) mass is 233 g/mol. The van der Waals surface area contributed by atoms with Crippen LogP contribution in [0.5, 0.6) is 0 Å². The molecule has 1 saturated heterocycles. The first-order valence-corrected chi connectivity index (χ1v) is 6.19. The number of aryl methyl sites for hydroxylation is 1. The first kappa shape index (κ1) is 12.1. The lowest BCUT2D eigenvalue weighted by Crippen LogP contribution is -2.43. The minimum Gasteiger partial charge on any atom is -0.480 e. The summed E-state index contributed by atoms with van der Waals surface area (Å²) in [4.78, 5) is 13.2. The quantitative estimate of drug-likeness (QED) is 0.871. The van der Waals surface area contributed by atoms with E-state index in [9.17, 15) is 9.90 Å². The zero-order valence-electron chi connectivity index (χ0n) is 10.2. The summed E-state index contributed by atoms with van der Waals surface area (Å²) in [6.45, 7) is 3.70. The standard InChI is InChI=1S/C14H19NO2/c1-11-5-7-12(8-6-11)10-15-9-3-2-4-13(15)14(16)17/h5-8,13H,2-4,9-10H2,1H3,(H,16,17). The van der Waals surface area contributed by atoms with Gasteiger partial charge in [0.1, 0.15) is 6.04 Å². The molecule has 1 heterocycles. The molecule has 1 aromatic rings. The van der Waals surface area contributed by atoms with E-state index in [1.54, 1.807) is 0 Å². The van der Waals surface area contributed by atoms with Gasteiger partial charge in [-0.1, -0.05) is 36.2 Å². The van der Waals surface area contributed by atoms with Crippen LogP contribution in [0.4, 0.5) is 0 Å². The van der Waals surface area contributed by atoms with E-state index in [4.69, 9.17) is 0 Å². The number of hydrogen-bond donors (Lipinski definition) is 1. The van der Waals surface area contributed by atoms with Gasteiger partial charge in [-0.3, -0.25) is 9.69 Å². The molecule has 0 amide bonds. The molecule has 3 nitrogen and oxygen atoms in total. The van der Waals surface area contributed by atoms with Crippen LogP contribution in [0.3, 0.4) is 0 Å². The largest absolute Gasteiger partial charge is 0.480 e. The Morgan fingerprint density at radius 1 is 1.35 bits per heavy atom. The van der Waals surface area contributed by atoms with E-state index >= 15 is 0 Å². The minimum absolute atomic E-state index is 0.301. The lowest BCUT2D eigenvalue weighted by Gasteiger charge is -2.32. The van der Waals surface area contributed by atoms with E-state index in [1.165, 1.54) is 11.1 Å². The highest BCUT2D eigenvalue weighted by atomic mass is 16.4. The molecule has 2 rings (SSSR count). The number of carbonyl (C=O) groups is 1. The van der Waals surface area contributed by atoms with Gasteiger partial charge in [0.15, 0.2) is 0 Å². The van der Waals surface area contributed by atoms with Crippen molar-refractivity contribution in [2.75, 3.05) is 6.54 Å². The van der Waals surface area contributed by atoms with Crippen LogP contribution in [0.1, 0.15) is 30.4 Å². The van der Waals surface area contributed by atoms with E-state index in [0.29, 0.717) is 0 Å². The molecule has 1 fully saturated rings. The molecule has 92 valence electrons. The molecule has 1 atom stereocenters.